The van der Waals surface area contributed by atoms with Crippen molar-refractivity contribution >= 4 is 11.9 Å². The molecule has 0 bridgehead atoms. The number of ether oxygens (including phenoxy) is 1. The van der Waals surface area contributed by atoms with E-state index in [0.717, 1.165) is 32.2 Å². The van der Waals surface area contributed by atoms with Crippen molar-refractivity contribution in [2.24, 2.45) is 0 Å². The average molecular weight is 269 g/mol. The van der Waals surface area contributed by atoms with Crippen LogP contribution in [-0.4, -0.2) is 25.5 Å². The normalized spacial score (nSPS) is 9.95. The number of nitrogens with one attached hydrogen (secondary N) is 1. The highest BCUT2D eigenvalue weighted by Crippen LogP contribution is 2.09. The third kappa shape index (κ3) is 12.9. The Balaban J connectivity index is 3.09. The molecule has 0 aromatic carbocycles. The molecule has 1 amide bonds. The summed E-state index contributed by atoms with van der Waals surface area (Å²) >= 11 is 0. The van der Waals surface area contributed by atoms with E-state index in [9.17, 15) is 9.59 Å². The van der Waals surface area contributed by atoms with Gasteiger partial charge in [0.05, 0.1) is 7.11 Å². The molecule has 4 nitrogen and oxygen atoms in total. The van der Waals surface area contributed by atoms with Crippen molar-refractivity contribution in [2.75, 3.05) is 13.7 Å². The molecule has 0 fully saturated rings. The number of hydrogen-bond donors (Lipinski definition) is 1. The number of amides is 1. The zero-order valence-corrected chi connectivity index (χ0v) is 12.1. The van der Waals surface area contributed by atoms with Gasteiger partial charge < -0.3 is 10.1 Å². The zero-order valence-electron chi connectivity index (χ0n) is 12.1. The van der Waals surface area contributed by atoms with Gasteiger partial charge in [0, 0.05) is 13.0 Å². The predicted octanol–water partition coefficient (Wildman–Crippen LogP) is 2.97. The smallest absolute Gasteiger partial charge is 0.305 e. The summed E-state index contributed by atoms with van der Waals surface area (Å²) in [7, 11) is 1.43. The molecule has 0 rings (SSSR count). The second-order valence-electron chi connectivity index (χ2n) is 4.65. The van der Waals surface area contributed by atoms with Crippen molar-refractivity contribution < 1.29 is 14.3 Å². The van der Waals surface area contributed by atoms with Crippen molar-refractivity contribution in [3.63, 3.8) is 0 Å². The lowest BCUT2D eigenvalue weighted by Crippen LogP contribution is -2.21. The van der Waals surface area contributed by atoms with Crippen LogP contribution in [0.2, 0.25) is 0 Å². The van der Waals surface area contributed by atoms with Crippen molar-refractivity contribution in [1.82, 2.24) is 5.32 Å². The second-order valence-corrected chi connectivity index (χ2v) is 4.65. The van der Waals surface area contributed by atoms with E-state index in [2.05, 4.69) is 16.6 Å². The van der Waals surface area contributed by atoms with Crippen LogP contribution < -0.4 is 5.32 Å². The van der Waals surface area contributed by atoms with Crippen molar-refractivity contribution in [2.45, 2.75) is 57.8 Å². The minimum absolute atomic E-state index is 0.0920. The van der Waals surface area contributed by atoms with Gasteiger partial charge in [-0.25, -0.2) is 0 Å². The lowest BCUT2D eigenvalue weighted by molar-refractivity contribution is -0.140. The number of carbonyl (C=O) groups is 2. The molecule has 0 spiro atoms. The first-order chi connectivity index (χ1) is 9.20. The second kappa shape index (κ2) is 13.1. The molecule has 0 saturated carbocycles. The summed E-state index contributed by atoms with van der Waals surface area (Å²) in [5, 5.41) is 2.77. The van der Waals surface area contributed by atoms with Crippen molar-refractivity contribution in [3.8, 4) is 0 Å². The topological polar surface area (TPSA) is 55.4 Å². The summed E-state index contributed by atoms with van der Waals surface area (Å²) in [4.78, 5) is 21.7. The highest BCUT2D eigenvalue weighted by Gasteiger charge is 1.99. The molecule has 0 saturated heterocycles. The van der Waals surface area contributed by atoms with E-state index < -0.39 is 0 Å². The average Bonchev–Trinajstić information content (AvgIpc) is 2.43. The standard InChI is InChI=1S/C15H27NO3/c1-3-14(17)16-13-11-9-7-5-4-6-8-10-12-15(18)19-2/h3H,1,4-13H2,2H3,(H,16,17). The Labute approximate surface area is 116 Å². The summed E-state index contributed by atoms with van der Waals surface area (Å²) in [6.07, 6.45) is 10.9. The van der Waals surface area contributed by atoms with E-state index in [1.165, 1.54) is 38.9 Å². The molecule has 110 valence electrons. The van der Waals surface area contributed by atoms with Gasteiger partial charge in [0.2, 0.25) is 5.91 Å². The first kappa shape index (κ1) is 17.7. The minimum atomic E-state index is -0.110. The molecular weight excluding hydrogens is 242 g/mol. The molecule has 0 aromatic rings. The van der Waals surface area contributed by atoms with Crippen LogP contribution in [0.25, 0.3) is 0 Å². The molecule has 0 unspecified atom stereocenters. The van der Waals surface area contributed by atoms with Gasteiger partial charge in [-0.3, -0.25) is 9.59 Å². The van der Waals surface area contributed by atoms with Gasteiger partial charge in [-0.05, 0) is 18.9 Å². The number of rotatable bonds is 12. The Hall–Kier alpha value is -1.32. The monoisotopic (exact) mass is 269 g/mol. The maximum atomic E-state index is 10.9. The van der Waals surface area contributed by atoms with E-state index >= 15 is 0 Å². The quantitative estimate of drug-likeness (QED) is 0.337. The number of carbonyl (C=O) groups excluding carboxylic acids is 2. The Morgan fingerprint density at radius 1 is 1.00 bits per heavy atom. The van der Waals surface area contributed by atoms with Gasteiger partial charge in [-0.15, -0.1) is 0 Å². The van der Waals surface area contributed by atoms with Crippen LogP contribution in [0.5, 0.6) is 0 Å². The Bertz CT molecular complexity index is 264. The summed E-state index contributed by atoms with van der Waals surface area (Å²) in [6, 6.07) is 0. The van der Waals surface area contributed by atoms with Gasteiger partial charge in [0.25, 0.3) is 0 Å². The van der Waals surface area contributed by atoms with E-state index in [-0.39, 0.29) is 11.9 Å². The fourth-order valence-electron chi connectivity index (χ4n) is 1.84. The molecule has 0 aliphatic heterocycles. The molecule has 0 aliphatic carbocycles. The van der Waals surface area contributed by atoms with E-state index in [1.807, 2.05) is 0 Å². The minimum Gasteiger partial charge on any atom is -0.469 e. The number of hydrogen-bond acceptors (Lipinski definition) is 3. The third-order valence-corrected chi connectivity index (χ3v) is 3.02. The largest absolute Gasteiger partial charge is 0.469 e. The maximum Gasteiger partial charge on any atom is 0.305 e. The molecule has 4 heteroatoms. The predicted molar refractivity (Wildman–Crippen MR) is 76.8 cm³/mol. The Morgan fingerprint density at radius 3 is 2.05 bits per heavy atom. The highest BCUT2D eigenvalue weighted by molar-refractivity contribution is 5.86. The summed E-state index contributed by atoms with van der Waals surface area (Å²) in [6.45, 7) is 4.14. The number of esters is 1. The SMILES string of the molecule is C=CC(=O)NCCCCCCCCCCC(=O)OC. The van der Waals surface area contributed by atoms with Gasteiger partial charge >= 0.3 is 5.97 Å². The first-order valence-electron chi connectivity index (χ1n) is 7.17. The molecule has 1 N–H and O–H groups in total. The van der Waals surface area contributed by atoms with Crippen LogP contribution in [-0.2, 0) is 14.3 Å². The fraction of sp³-hybridized carbons (Fsp3) is 0.733. The lowest BCUT2D eigenvalue weighted by Gasteiger charge is -2.03. The first-order valence-corrected chi connectivity index (χ1v) is 7.17. The molecule has 0 atom stereocenters. The van der Waals surface area contributed by atoms with Crippen LogP contribution in [0, 0.1) is 0 Å². The van der Waals surface area contributed by atoms with Crippen LogP contribution in [0.1, 0.15) is 57.8 Å². The summed E-state index contributed by atoms with van der Waals surface area (Å²) < 4.78 is 4.58. The molecular formula is C15H27NO3. The number of methoxy groups -OCH3 is 1. The van der Waals surface area contributed by atoms with Crippen LogP contribution >= 0.6 is 0 Å². The molecule has 0 aliphatic rings. The van der Waals surface area contributed by atoms with Crippen LogP contribution in [0.4, 0.5) is 0 Å². The maximum absolute atomic E-state index is 10.9. The van der Waals surface area contributed by atoms with E-state index in [1.54, 1.807) is 0 Å². The zero-order chi connectivity index (χ0) is 14.3. The fourth-order valence-corrected chi connectivity index (χ4v) is 1.84. The molecule has 19 heavy (non-hydrogen) atoms. The third-order valence-electron chi connectivity index (χ3n) is 3.02. The molecule has 0 aromatic heterocycles. The van der Waals surface area contributed by atoms with Crippen molar-refractivity contribution in [1.29, 1.82) is 0 Å². The summed E-state index contributed by atoms with van der Waals surface area (Å²) in [5.74, 6) is -0.202. The van der Waals surface area contributed by atoms with Gasteiger partial charge in [-0.2, -0.15) is 0 Å². The Kier molecular flexibility index (Phi) is 12.2. The highest BCUT2D eigenvalue weighted by atomic mass is 16.5. The molecule has 0 heterocycles. The number of unbranched alkanes of at least 4 members (excludes halogenated alkanes) is 7. The summed E-state index contributed by atoms with van der Waals surface area (Å²) in [5.41, 5.74) is 0. The van der Waals surface area contributed by atoms with Gasteiger partial charge in [0.15, 0.2) is 0 Å². The molecule has 0 radical (unpaired) electrons. The van der Waals surface area contributed by atoms with Gasteiger partial charge in [-0.1, -0.05) is 45.1 Å². The Morgan fingerprint density at radius 2 is 1.53 bits per heavy atom. The van der Waals surface area contributed by atoms with Crippen LogP contribution in [0.15, 0.2) is 12.7 Å². The van der Waals surface area contributed by atoms with E-state index in [0.29, 0.717) is 6.42 Å². The van der Waals surface area contributed by atoms with E-state index in [4.69, 9.17) is 0 Å². The lowest BCUT2D eigenvalue weighted by atomic mass is 10.1. The van der Waals surface area contributed by atoms with Crippen LogP contribution in [0.3, 0.4) is 0 Å². The van der Waals surface area contributed by atoms with Crippen molar-refractivity contribution in [3.05, 3.63) is 12.7 Å². The van der Waals surface area contributed by atoms with Gasteiger partial charge in [0.1, 0.15) is 0 Å².